The molecule has 1 aliphatic rings. The fraction of sp³-hybridized carbons (Fsp3) is 0.875. The molecule has 138 valence electrons. The van der Waals surface area contributed by atoms with Crippen LogP contribution in [-0.2, 0) is 14.3 Å². The highest BCUT2D eigenvalue weighted by atomic mass is 16.6. The van der Waals surface area contributed by atoms with Gasteiger partial charge in [-0.05, 0) is 40.5 Å². The smallest absolute Gasteiger partial charge is 0.410 e. The lowest BCUT2D eigenvalue weighted by Gasteiger charge is -2.41. The molecule has 1 saturated heterocycles. The number of piperidine rings is 1. The Hall–Kier alpha value is -1.86. The van der Waals surface area contributed by atoms with Crippen molar-refractivity contribution < 1.29 is 24.0 Å². The number of esters is 1. The van der Waals surface area contributed by atoms with Crippen molar-refractivity contribution in [2.75, 3.05) is 19.7 Å². The molecule has 8 heteroatoms. The van der Waals surface area contributed by atoms with Gasteiger partial charge >= 0.3 is 12.1 Å². The maximum Gasteiger partial charge on any atom is 0.410 e. The highest BCUT2D eigenvalue weighted by Gasteiger charge is 2.48. The van der Waals surface area contributed by atoms with Gasteiger partial charge in [0.15, 0.2) is 0 Å². The number of rotatable bonds is 5. The summed E-state index contributed by atoms with van der Waals surface area (Å²) in [5.74, 6) is -0.433. The van der Waals surface area contributed by atoms with Crippen LogP contribution in [0.5, 0.6) is 0 Å². The summed E-state index contributed by atoms with van der Waals surface area (Å²) in [4.78, 5) is 36.5. The second kappa shape index (κ2) is 7.81. The zero-order valence-corrected chi connectivity index (χ0v) is 15.2. The average molecular weight is 344 g/mol. The second-order valence-corrected chi connectivity index (χ2v) is 7.27. The van der Waals surface area contributed by atoms with Gasteiger partial charge in [0.25, 0.3) is 0 Å². The molecule has 8 nitrogen and oxygen atoms in total. The van der Waals surface area contributed by atoms with E-state index in [-0.39, 0.29) is 18.0 Å². The van der Waals surface area contributed by atoms with E-state index in [9.17, 15) is 19.7 Å². The van der Waals surface area contributed by atoms with Crippen LogP contribution in [0.1, 0.15) is 53.9 Å². The third-order valence-electron chi connectivity index (χ3n) is 4.42. The van der Waals surface area contributed by atoms with E-state index < -0.39 is 29.1 Å². The molecule has 0 aromatic carbocycles. The van der Waals surface area contributed by atoms with Crippen LogP contribution < -0.4 is 0 Å². The first-order valence-electron chi connectivity index (χ1n) is 8.28. The standard InChI is InChI=1S/C16H28N2O6/c1-6-23-13(19)11-16(12(2)18(21)22)7-9-17(10-8-16)14(20)24-15(3,4)5/h12H,6-11H2,1-5H3. The normalized spacial score (nSPS) is 18.6. The fourth-order valence-corrected chi connectivity index (χ4v) is 2.93. The van der Waals surface area contributed by atoms with Crippen LogP contribution in [0.25, 0.3) is 0 Å². The minimum absolute atomic E-state index is 0.00878. The van der Waals surface area contributed by atoms with Crippen LogP contribution >= 0.6 is 0 Å². The van der Waals surface area contributed by atoms with Crippen LogP contribution in [0.3, 0.4) is 0 Å². The molecule has 1 rings (SSSR count). The van der Waals surface area contributed by atoms with Crippen LogP contribution in [-0.4, -0.2) is 53.2 Å². The van der Waals surface area contributed by atoms with Gasteiger partial charge in [0.05, 0.1) is 18.4 Å². The number of hydrogen-bond donors (Lipinski definition) is 0. The summed E-state index contributed by atoms with van der Waals surface area (Å²) >= 11 is 0. The molecule has 0 bridgehead atoms. The van der Waals surface area contributed by atoms with E-state index in [2.05, 4.69) is 0 Å². The molecule has 0 aromatic heterocycles. The summed E-state index contributed by atoms with van der Waals surface area (Å²) in [6.45, 7) is 9.47. The molecular weight excluding hydrogens is 316 g/mol. The fourth-order valence-electron chi connectivity index (χ4n) is 2.93. The number of nitrogens with zero attached hydrogens (tertiary/aromatic N) is 2. The summed E-state index contributed by atoms with van der Waals surface area (Å²) in [7, 11) is 0. The lowest BCUT2D eigenvalue weighted by molar-refractivity contribution is -0.539. The highest BCUT2D eigenvalue weighted by Crippen LogP contribution is 2.40. The topological polar surface area (TPSA) is 99.0 Å². The van der Waals surface area contributed by atoms with E-state index in [1.54, 1.807) is 32.6 Å². The monoisotopic (exact) mass is 344 g/mol. The Morgan fingerprint density at radius 1 is 1.29 bits per heavy atom. The first kappa shape index (κ1) is 20.2. The van der Waals surface area contributed by atoms with Crippen molar-refractivity contribution >= 4 is 12.1 Å². The number of ether oxygens (including phenoxy) is 2. The maximum absolute atomic E-state index is 12.1. The van der Waals surface area contributed by atoms with Crippen molar-refractivity contribution in [2.24, 2.45) is 5.41 Å². The Balaban J connectivity index is 2.82. The average Bonchev–Trinajstić information content (AvgIpc) is 2.45. The van der Waals surface area contributed by atoms with Crippen molar-refractivity contribution in [3.05, 3.63) is 10.1 Å². The Morgan fingerprint density at radius 3 is 2.25 bits per heavy atom. The van der Waals surface area contributed by atoms with Gasteiger partial charge in [0.2, 0.25) is 6.04 Å². The van der Waals surface area contributed by atoms with E-state index >= 15 is 0 Å². The molecule has 0 aromatic rings. The van der Waals surface area contributed by atoms with E-state index in [4.69, 9.17) is 9.47 Å². The number of amides is 1. The van der Waals surface area contributed by atoms with Crippen LogP contribution in [0.4, 0.5) is 4.79 Å². The molecule has 1 aliphatic heterocycles. The Morgan fingerprint density at radius 2 is 1.83 bits per heavy atom. The number of nitro groups is 1. The highest BCUT2D eigenvalue weighted by molar-refractivity contribution is 5.71. The molecule has 0 N–H and O–H groups in total. The number of likely N-dealkylation sites (tertiary alicyclic amines) is 1. The zero-order valence-electron chi connectivity index (χ0n) is 15.2. The van der Waals surface area contributed by atoms with E-state index in [1.165, 1.54) is 6.92 Å². The van der Waals surface area contributed by atoms with Gasteiger partial charge in [-0.1, -0.05) is 0 Å². The Labute approximate surface area is 142 Å². The Kier molecular flexibility index (Phi) is 6.57. The van der Waals surface area contributed by atoms with Gasteiger partial charge in [0.1, 0.15) is 5.60 Å². The van der Waals surface area contributed by atoms with Crippen LogP contribution in [0, 0.1) is 15.5 Å². The van der Waals surface area contributed by atoms with Crippen LogP contribution in [0.2, 0.25) is 0 Å². The predicted octanol–water partition coefficient (Wildman–Crippen LogP) is 2.62. The number of carbonyl (C=O) groups excluding carboxylic acids is 2. The summed E-state index contributed by atoms with van der Waals surface area (Å²) in [6, 6.07) is -0.886. The summed E-state index contributed by atoms with van der Waals surface area (Å²) in [6.07, 6.45) is 0.298. The molecule has 1 heterocycles. The molecule has 1 amide bonds. The first-order valence-corrected chi connectivity index (χ1v) is 8.28. The zero-order chi connectivity index (χ0) is 18.5. The van der Waals surface area contributed by atoms with E-state index in [1.807, 2.05) is 0 Å². The summed E-state index contributed by atoms with van der Waals surface area (Å²) in [5, 5.41) is 11.3. The summed E-state index contributed by atoms with van der Waals surface area (Å²) in [5.41, 5.74) is -1.39. The SMILES string of the molecule is CCOC(=O)CC1(C(C)[N+](=O)[O-])CCN(C(=O)OC(C)(C)C)CC1. The van der Waals surface area contributed by atoms with E-state index in [0.29, 0.717) is 25.9 Å². The third kappa shape index (κ3) is 5.35. The first-order chi connectivity index (χ1) is 11.0. The summed E-state index contributed by atoms with van der Waals surface area (Å²) < 4.78 is 10.3. The minimum atomic E-state index is -0.886. The molecule has 1 unspecified atom stereocenters. The van der Waals surface area contributed by atoms with Gasteiger partial charge in [-0.2, -0.15) is 0 Å². The van der Waals surface area contributed by atoms with Crippen molar-refractivity contribution in [3.63, 3.8) is 0 Å². The van der Waals surface area contributed by atoms with Crippen molar-refractivity contribution in [2.45, 2.75) is 65.5 Å². The van der Waals surface area contributed by atoms with E-state index in [0.717, 1.165) is 0 Å². The molecule has 1 fully saturated rings. The van der Waals surface area contributed by atoms with Crippen molar-refractivity contribution in [1.82, 2.24) is 4.90 Å². The minimum Gasteiger partial charge on any atom is -0.466 e. The molecule has 0 saturated carbocycles. The molecule has 0 radical (unpaired) electrons. The number of carbonyl (C=O) groups is 2. The predicted molar refractivity (Wildman–Crippen MR) is 87.2 cm³/mol. The largest absolute Gasteiger partial charge is 0.466 e. The Bertz CT molecular complexity index is 477. The molecule has 1 atom stereocenters. The third-order valence-corrected chi connectivity index (χ3v) is 4.42. The van der Waals surface area contributed by atoms with Crippen molar-refractivity contribution in [3.8, 4) is 0 Å². The van der Waals surface area contributed by atoms with Crippen molar-refractivity contribution in [1.29, 1.82) is 0 Å². The molecule has 0 aliphatic carbocycles. The van der Waals surface area contributed by atoms with Crippen LogP contribution in [0.15, 0.2) is 0 Å². The lowest BCUT2D eigenvalue weighted by Crippen LogP contribution is -2.51. The molecule has 0 spiro atoms. The molecule has 24 heavy (non-hydrogen) atoms. The second-order valence-electron chi connectivity index (χ2n) is 7.27. The number of hydrogen-bond acceptors (Lipinski definition) is 6. The van der Waals surface area contributed by atoms with Gasteiger partial charge < -0.3 is 14.4 Å². The van der Waals surface area contributed by atoms with Gasteiger partial charge in [0, 0.05) is 24.9 Å². The van der Waals surface area contributed by atoms with Gasteiger partial charge in [-0.3, -0.25) is 14.9 Å². The quantitative estimate of drug-likeness (QED) is 0.432. The molecular formula is C16H28N2O6. The lowest BCUT2D eigenvalue weighted by atomic mass is 9.70. The van der Waals surface area contributed by atoms with Gasteiger partial charge in [-0.15, -0.1) is 0 Å². The van der Waals surface area contributed by atoms with Gasteiger partial charge in [-0.25, -0.2) is 4.79 Å². The maximum atomic E-state index is 12.1.